The Morgan fingerprint density at radius 1 is 1.50 bits per heavy atom. The highest BCUT2D eigenvalue weighted by molar-refractivity contribution is 5.70. The topological polar surface area (TPSA) is 83.2 Å². The van der Waals surface area contributed by atoms with E-state index in [2.05, 4.69) is 9.72 Å². The third-order valence-corrected chi connectivity index (χ3v) is 1.99. The summed E-state index contributed by atoms with van der Waals surface area (Å²) in [4.78, 5) is 13.6. The molecule has 1 heterocycles. The molecule has 0 bridgehead atoms. The number of nitriles is 1. The molecule has 1 aromatic rings. The molecule has 1 aromatic heterocycles. The van der Waals surface area contributed by atoms with Crippen LogP contribution in [-0.2, 0) is 11.2 Å². The number of carboxylic acids is 1. The number of alkyl halides is 5. The van der Waals surface area contributed by atoms with Gasteiger partial charge in [-0.25, -0.2) is 13.8 Å². The Balaban J connectivity index is 3.40. The molecule has 108 valence electrons. The van der Waals surface area contributed by atoms with E-state index in [1.165, 1.54) is 6.07 Å². The van der Waals surface area contributed by atoms with Gasteiger partial charge in [0.05, 0.1) is 29.3 Å². The van der Waals surface area contributed by atoms with Gasteiger partial charge in [-0.3, -0.25) is 4.79 Å². The van der Waals surface area contributed by atoms with Crippen molar-refractivity contribution in [2.24, 2.45) is 0 Å². The van der Waals surface area contributed by atoms with Crippen molar-refractivity contribution in [3.63, 3.8) is 0 Å². The second-order valence-corrected chi connectivity index (χ2v) is 3.40. The Labute approximate surface area is 108 Å². The van der Waals surface area contributed by atoms with E-state index in [9.17, 15) is 26.7 Å². The van der Waals surface area contributed by atoms with Crippen molar-refractivity contribution in [1.29, 1.82) is 5.26 Å². The number of pyridine rings is 1. The first-order valence-electron chi connectivity index (χ1n) is 4.83. The lowest BCUT2D eigenvalue weighted by atomic mass is 10.1. The molecule has 1 rings (SSSR count). The highest BCUT2D eigenvalue weighted by atomic mass is 19.4. The molecule has 0 saturated heterocycles. The molecule has 1 N–H and O–H groups in total. The predicted molar refractivity (Wildman–Crippen MR) is 51.9 cm³/mol. The first kappa shape index (κ1) is 15.6. The summed E-state index contributed by atoms with van der Waals surface area (Å²) >= 11 is 0. The lowest BCUT2D eigenvalue weighted by molar-refractivity contribution is -0.276. The molecule has 20 heavy (non-hydrogen) atoms. The van der Waals surface area contributed by atoms with Crippen LogP contribution in [-0.4, -0.2) is 22.4 Å². The molecule has 0 aliphatic heterocycles. The van der Waals surface area contributed by atoms with Gasteiger partial charge in [-0.05, 0) is 0 Å². The number of aliphatic carboxylic acids is 1. The van der Waals surface area contributed by atoms with Gasteiger partial charge in [0.25, 0.3) is 6.43 Å². The molecule has 0 aromatic carbocycles. The molecular formula is C10H5F5N2O3. The number of rotatable bonds is 4. The zero-order valence-corrected chi connectivity index (χ0v) is 9.41. The maximum Gasteiger partial charge on any atom is 0.574 e. The summed E-state index contributed by atoms with van der Waals surface area (Å²) in [6, 6.07) is 1.63. The number of nitrogens with zero attached hydrogens (tertiary/aromatic N) is 2. The third kappa shape index (κ3) is 4.04. The minimum atomic E-state index is -5.15. The summed E-state index contributed by atoms with van der Waals surface area (Å²) in [5, 5.41) is 17.2. The standard InChI is InChI=1S/C10H5F5N2O3/c11-9(12)8-4(3-16)1-6(20-10(13,14)15)17-5(8)2-7(18)19/h1,9H,2H2,(H,18,19). The van der Waals surface area contributed by atoms with Crippen LogP contribution in [0.25, 0.3) is 0 Å². The van der Waals surface area contributed by atoms with Crippen molar-refractivity contribution in [2.75, 3.05) is 0 Å². The lowest BCUT2D eigenvalue weighted by Crippen LogP contribution is -2.19. The van der Waals surface area contributed by atoms with Crippen molar-refractivity contribution < 1.29 is 36.6 Å². The van der Waals surface area contributed by atoms with Crippen LogP contribution in [0.2, 0.25) is 0 Å². The van der Waals surface area contributed by atoms with Crippen LogP contribution in [0.3, 0.4) is 0 Å². The van der Waals surface area contributed by atoms with E-state index in [0.29, 0.717) is 6.07 Å². The van der Waals surface area contributed by atoms with E-state index in [0.717, 1.165) is 0 Å². The highest BCUT2D eigenvalue weighted by Crippen LogP contribution is 2.30. The summed E-state index contributed by atoms with van der Waals surface area (Å²) in [6.45, 7) is 0. The maximum absolute atomic E-state index is 12.7. The minimum absolute atomic E-state index is 0.375. The fourth-order valence-corrected chi connectivity index (χ4v) is 1.37. The van der Waals surface area contributed by atoms with Crippen molar-refractivity contribution in [3.05, 3.63) is 22.9 Å². The van der Waals surface area contributed by atoms with Crippen molar-refractivity contribution in [1.82, 2.24) is 4.98 Å². The number of hydrogen-bond acceptors (Lipinski definition) is 4. The molecular weight excluding hydrogens is 291 g/mol. The summed E-state index contributed by atoms with van der Waals surface area (Å²) in [5.74, 6) is -2.76. The largest absolute Gasteiger partial charge is 0.574 e. The molecule has 0 saturated carbocycles. The average Bonchev–Trinajstić information content (AvgIpc) is 2.24. The molecule has 5 nitrogen and oxygen atoms in total. The predicted octanol–water partition coefficient (Wildman–Crippen LogP) is 2.42. The Morgan fingerprint density at radius 3 is 2.50 bits per heavy atom. The molecule has 0 unspecified atom stereocenters. The van der Waals surface area contributed by atoms with E-state index in [-0.39, 0.29) is 0 Å². The highest BCUT2D eigenvalue weighted by Gasteiger charge is 2.33. The number of halogens is 5. The number of aromatic nitrogens is 1. The quantitative estimate of drug-likeness (QED) is 0.863. The Morgan fingerprint density at radius 2 is 2.10 bits per heavy atom. The Kier molecular flexibility index (Phi) is 4.44. The van der Waals surface area contributed by atoms with Gasteiger partial charge in [-0.2, -0.15) is 5.26 Å². The Hall–Kier alpha value is -2.44. The van der Waals surface area contributed by atoms with Gasteiger partial charge in [-0.15, -0.1) is 13.2 Å². The molecule has 0 fully saturated rings. The van der Waals surface area contributed by atoms with Crippen LogP contribution < -0.4 is 4.74 Å². The summed E-state index contributed by atoms with van der Waals surface area (Å²) < 4.78 is 65.0. The van der Waals surface area contributed by atoms with Gasteiger partial charge in [0.1, 0.15) is 0 Å². The monoisotopic (exact) mass is 296 g/mol. The Bertz CT molecular complexity index is 565. The number of hydrogen-bond donors (Lipinski definition) is 1. The summed E-state index contributed by atoms with van der Waals surface area (Å²) in [5.41, 5.74) is -2.71. The van der Waals surface area contributed by atoms with Crippen molar-refractivity contribution in [2.45, 2.75) is 19.2 Å². The van der Waals surface area contributed by atoms with Gasteiger partial charge >= 0.3 is 12.3 Å². The lowest BCUT2D eigenvalue weighted by Gasteiger charge is -2.13. The van der Waals surface area contributed by atoms with Crippen LogP contribution >= 0.6 is 0 Å². The molecule has 0 aliphatic rings. The van der Waals surface area contributed by atoms with Crippen LogP contribution in [0, 0.1) is 11.3 Å². The van der Waals surface area contributed by atoms with Crippen LogP contribution in [0.4, 0.5) is 22.0 Å². The smallest absolute Gasteiger partial charge is 0.481 e. The fraction of sp³-hybridized carbons (Fsp3) is 0.300. The van der Waals surface area contributed by atoms with E-state index in [4.69, 9.17) is 10.4 Å². The maximum atomic E-state index is 12.7. The molecule has 10 heteroatoms. The number of carboxylic acid groups (broad SMARTS) is 1. The summed E-state index contributed by atoms with van der Waals surface area (Å²) in [7, 11) is 0. The molecule has 0 amide bonds. The summed E-state index contributed by atoms with van der Waals surface area (Å²) in [6.07, 6.45) is -9.47. The van der Waals surface area contributed by atoms with Crippen molar-refractivity contribution >= 4 is 5.97 Å². The van der Waals surface area contributed by atoms with Gasteiger partial charge in [-0.1, -0.05) is 0 Å². The zero-order valence-electron chi connectivity index (χ0n) is 9.41. The van der Waals surface area contributed by atoms with E-state index < -0.39 is 47.9 Å². The molecule has 0 atom stereocenters. The van der Waals surface area contributed by atoms with Crippen LogP contribution in [0.1, 0.15) is 23.2 Å². The second-order valence-electron chi connectivity index (χ2n) is 3.40. The van der Waals surface area contributed by atoms with Crippen molar-refractivity contribution in [3.8, 4) is 11.9 Å². The van der Waals surface area contributed by atoms with E-state index in [1.54, 1.807) is 0 Å². The average molecular weight is 296 g/mol. The van der Waals surface area contributed by atoms with E-state index in [1.807, 2.05) is 0 Å². The van der Waals surface area contributed by atoms with Gasteiger partial charge in [0, 0.05) is 6.07 Å². The molecule has 0 radical (unpaired) electrons. The zero-order chi connectivity index (χ0) is 15.5. The molecule has 0 spiro atoms. The first-order valence-corrected chi connectivity index (χ1v) is 4.83. The fourth-order valence-electron chi connectivity index (χ4n) is 1.37. The van der Waals surface area contributed by atoms with Gasteiger partial charge < -0.3 is 9.84 Å². The van der Waals surface area contributed by atoms with Crippen LogP contribution in [0.15, 0.2) is 6.07 Å². The first-order chi connectivity index (χ1) is 9.14. The number of ether oxygens (including phenoxy) is 1. The molecule has 0 aliphatic carbocycles. The van der Waals surface area contributed by atoms with Gasteiger partial charge in [0.15, 0.2) is 0 Å². The SMILES string of the molecule is N#Cc1cc(OC(F)(F)F)nc(CC(=O)O)c1C(F)F. The van der Waals surface area contributed by atoms with E-state index >= 15 is 0 Å². The second kappa shape index (κ2) is 5.68. The van der Waals surface area contributed by atoms with Gasteiger partial charge in [0.2, 0.25) is 5.88 Å². The minimum Gasteiger partial charge on any atom is -0.481 e. The normalized spacial score (nSPS) is 11.2. The third-order valence-electron chi connectivity index (χ3n) is 1.99. The number of carbonyl (C=O) groups is 1. The van der Waals surface area contributed by atoms with Crippen LogP contribution in [0.5, 0.6) is 5.88 Å².